The summed E-state index contributed by atoms with van der Waals surface area (Å²) in [7, 11) is 1.69. The third-order valence-electron chi connectivity index (χ3n) is 3.53. The molecule has 5 nitrogen and oxygen atoms in total. The highest BCUT2D eigenvalue weighted by atomic mass is 16.6. The third-order valence-corrected chi connectivity index (χ3v) is 3.53. The molecule has 5 heteroatoms. The van der Waals surface area contributed by atoms with Crippen molar-refractivity contribution in [3.63, 3.8) is 0 Å². The van der Waals surface area contributed by atoms with Crippen LogP contribution in [0.4, 0.5) is 4.79 Å². The minimum atomic E-state index is -0.486. The smallest absolute Gasteiger partial charge is 0.410 e. The van der Waals surface area contributed by atoms with Gasteiger partial charge in [-0.2, -0.15) is 0 Å². The van der Waals surface area contributed by atoms with Crippen molar-refractivity contribution in [3.8, 4) is 0 Å². The van der Waals surface area contributed by atoms with Crippen molar-refractivity contribution in [3.05, 3.63) is 35.9 Å². The van der Waals surface area contributed by atoms with E-state index >= 15 is 0 Å². The molecule has 24 heavy (non-hydrogen) atoms. The molecule has 1 aromatic rings. The first-order valence-corrected chi connectivity index (χ1v) is 8.51. The van der Waals surface area contributed by atoms with Crippen LogP contribution >= 0.6 is 0 Å². The number of rotatable bonds is 8. The van der Waals surface area contributed by atoms with Crippen LogP contribution < -0.4 is 5.32 Å². The minimum Gasteiger partial charge on any atom is -0.444 e. The largest absolute Gasteiger partial charge is 0.444 e. The lowest BCUT2D eigenvalue weighted by molar-refractivity contribution is 0.0190. The van der Waals surface area contributed by atoms with Gasteiger partial charge in [0, 0.05) is 26.2 Å². The molecule has 0 radical (unpaired) electrons. The van der Waals surface area contributed by atoms with E-state index in [-0.39, 0.29) is 18.2 Å². The van der Waals surface area contributed by atoms with Crippen LogP contribution in [0.3, 0.4) is 0 Å². The minimum absolute atomic E-state index is 0.0826. The number of nitrogens with zero attached hydrogens (tertiary/aromatic N) is 1. The normalized spacial score (nSPS) is 13.0. The first kappa shape index (κ1) is 20.5. The van der Waals surface area contributed by atoms with Crippen LogP contribution in [0.1, 0.15) is 46.2 Å². The van der Waals surface area contributed by atoms with Gasteiger partial charge in [-0.15, -0.1) is 0 Å². The van der Waals surface area contributed by atoms with E-state index in [1.807, 2.05) is 52.8 Å². The number of benzene rings is 1. The Morgan fingerprint density at radius 1 is 1.21 bits per heavy atom. The van der Waals surface area contributed by atoms with E-state index in [1.165, 1.54) is 5.56 Å². The first-order valence-electron chi connectivity index (χ1n) is 8.51. The summed E-state index contributed by atoms with van der Waals surface area (Å²) in [5.74, 6) is 0. The molecule has 1 aromatic carbocycles. The van der Waals surface area contributed by atoms with Crippen molar-refractivity contribution in [2.75, 3.05) is 26.8 Å². The Morgan fingerprint density at radius 3 is 2.33 bits per heavy atom. The summed E-state index contributed by atoms with van der Waals surface area (Å²) in [6.07, 6.45) is -0.276. The van der Waals surface area contributed by atoms with Crippen molar-refractivity contribution in [1.82, 2.24) is 10.2 Å². The van der Waals surface area contributed by atoms with Crippen LogP contribution in [0.25, 0.3) is 0 Å². The Hall–Kier alpha value is -1.59. The lowest BCUT2D eigenvalue weighted by Gasteiger charge is -2.30. The average molecular weight is 336 g/mol. The van der Waals surface area contributed by atoms with E-state index in [1.54, 1.807) is 12.0 Å². The number of carbonyl (C=O) groups excluding carboxylic acids is 1. The highest BCUT2D eigenvalue weighted by molar-refractivity contribution is 5.68. The molecule has 1 unspecified atom stereocenters. The van der Waals surface area contributed by atoms with Crippen LogP contribution in [-0.4, -0.2) is 49.4 Å². The summed E-state index contributed by atoms with van der Waals surface area (Å²) in [6.45, 7) is 11.5. The Labute approximate surface area is 146 Å². The summed E-state index contributed by atoms with van der Waals surface area (Å²) < 4.78 is 10.8. The molecule has 0 aliphatic carbocycles. The zero-order valence-electron chi connectivity index (χ0n) is 15.8. The number of nitrogens with one attached hydrogen (secondary N) is 1. The van der Waals surface area contributed by atoms with Gasteiger partial charge in [0.1, 0.15) is 5.60 Å². The summed E-state index contributed by atoms with van der Waals surface area (Å²) >= 11 is 0. The number of methoxy groups -OCH3 is 1. The molecule has 1 N–H and O–H groups in total. The SMILES string of the molecule is COCC(NCCN(C(=O)OC(C)(C)C)C(C)C)c1ccccc1. The second kappa shape index (κ2) is 9.64. The molecule has 1 rings (SSSR count). The number of amides is 1. The van der Waals surface area contributed by atoms with Gasteiger partial charge < -0.3 is 19.7 Å². The highest BCUT2D eigenvalue weighted by Crippen LogP contribution is 2.14. The summed E-state index contributed by atoms with van der Waals surface area (Å²) in [5.41, 5.74) is 0.688. The van der Waals surface area contributed by atoms with Gasteiger partial charge in [0.05, 0.1) is 12.6 Å². The molecule has 0 heterocycles. The predicted octanol–water partition coefficient (Wildman–Crippen LogP) is 3.61. The van der Waals surface area contributed by atoms with E-state index < -0.39 is 5.60 Å². The monoisotopic (exact) mass is 336 g/mol. The van der Waals surface area contributed by atoms with E-state index in [9.17, 15) is 4.79 Å². The lowest BCUT2D eigenvalue weighted by Crippen LogP contribution is -2.44. The van der Waals surface area contributed by atoms with Gasteiger partial charge in [-0.25, -0.2) is 4.79 Å². The molecule has 0 aromatic heterocycles. The zero-order valence-corrected chi connectivity index (χ0v) is 15.8. The molecule has 1 atom stereocenters. The van der Waals surface area contributed by atoms with Gasteiger partial charge in [0.25, 0.3) is 0 Å². The van der Waals surface area contributed by atoms with Crippen molar-refractivity contribution >= 4 is 6.09 Å². The number of ether oxygens (including phenoxy) is 2. The molecule has 0 spiro atoms. The topological polar surface area (TPSA) is 50.8 Å². The van der Waals surface area contributed by atoms with Crippen LogP contribution in [0.5, 0.6) is 0 Å². The molecular weight excluding hydrogens is 304 g/mol. The van der Waals surface area contributed by atoms with Crippen molar-refractivity contribution in [2.45, 2.75) is 52.3 Å². The van der Waals surface area contributed by atoms with Gasteiger partial charge in [-0.3, -0.25) is 0 Å². The highest BCUT2D eigenvalue weighted by Gasteiger charge is 2.24. The van der Waals surface area contributed by atoms with Gasteiger partial charge in [0.2, 0.25) is 0 Å². The quantitative estimate of drug-likeness (QED) is 0.788. The Kier molecular flexibility index (Phi) is 8.22. The van der Waals surface area contributed by atoms with E-state index in [2.05, 4.69) is 17.4 Å². The number of hydrogen-bond donors (Lipinski definition) is 1. The number of carbonyl (C=O) groups is 1. The second-order valence-corrected chi connectivity index (χ2v) is 7.14. The van der Waals surface area contributed by atoms with Gasteiger partial charge >= 0.3 is 6.09 Å². The van der Waals surface area contributed by atoms with Crippen LogP contribution in [-0.2, 0) is 9.47 Å². The summed E-state index contributed by atoms with van der Waals surface area (Å²) in [6, 6.07) is 10.4. The Balaban J connectivity index is 2.61. The maximum Gasteiger partial charge on any atom is 0.410 e. The summed E-state index contributed by atoms with van der Waals surface area (Å²) in [5, 5.41) is 3.47. The van der Waals surface area contributed by atoms with Crippen molar-refractivity contribution in [2.24, 2.45) is 0 Å². The molecule has 0 saturated heterocycles. The molecule has 0 aliphatic heterocycles. The van der Waals surface area contributed by atoms with Crippen molar-refractivity contribution in [1.29, 1.82) is 0 Å². The maximum atomic E-state index is 12.3. The van der Waals surface area contributed by atoms with E-state index in [0.29, 0.717) is 19.7 Å². The fraction of sp³-hybridized carbons (Fsp3) is 0.632. The molecule has 1 amide bonds. The van der Waals surface area contributed by atoms with E-state index in [4.69, 9.17) is 9.47 Å². The first-order chi connectivity index (χ1) is 11.2. The molecule has 0 fully saturated rings. The Morgan fingerprint density at radius 2 is 1.83 bits per heavy atom. The average Bonchev–Trinajstić information content (AvgIpc) is 2.49. The van der Waals surface area contributed by atoms with Gasteiger partial charge in [-0.1, -0.05) is 30.3 Å². The fourth-order valence-electron chi connectivity index (χ4n) is 2.37. The third kappa shape index (κ3) is 7.32. The van der Waals surface area contributed by atoms with Gasteiger partial charge in [-0.05, 0) is 40.2 Å². The van der Waals surface area contributed by atoms with Gasteiger partial charge in [0.15, 0.2) is 0 Å². The fourth-order valence-corrected chi connectivity index (χ4v) is 2.37. The van der Waals surface area contributed by atoms with Crippen molar-refractivity contribution < 1.29 is 14.3 Å². The molecule has 0 aliphatic rings. The zero-order chi connectivity index (χ0) is 18.2. The lowest BCUT2D eigenvalue weighted by atomic mass is 10.1. The number of hydrogen-bond acceptors (Lipinski definition) is 4. The maximum absolute atomic E-state index is 12.3. The van der Waals surface area contributed by atoms with E-state index in [0.717, 1.165) is 0 Å². The van der Waals surface area contributed by atoms with Crippen LogP contribution in [0.2, 0.25) is 0 Å². The Bertz CT molecular complexity index is 483. The molecular formula is C19H32N2O3. The summed E-state index contributed by atoms with van der Waals surface area (Å²) in [4.78, 5) is 14.1. The van der Waals surface area contributed by atoms with Crippen LogP contribution in [0.15, 0.2) is 30.3 Å². The molecule has 0 bridgehead atoms. The molecule has 0 saturated carbocycles. The molecule has 136 valence electrons. The van der Waals surface area contributed by atoms with Crippen LogP contribution in [0, 0.1) is 0 Å². The standard InChI is InChI=1S/C19H32N2O3/c1-15(2)21(18(22)24-19(3,4)5)13-12-20-17(14-23-6)16-10-8-7-9-11-16/h7-11,15,17,20H,12-14H2,1-6H3. The predicted molar refractivity (Wildman–Crippen MR) is 97.1 cm³/mol. The second-order valence-electron chi connectivity index (χ2n) is 7.14.